The molecule has 5 rings (SSSR count). The van der Waals surface area contributed by atoms with E-state index in [0.29, 0.717) is 72.7 Å². The molecule has 0 radical (unpaired) electrons. The number of morpholine rings is 1. The van der Waals surface area contributed by atoms with E-state index >= 15 is 0 Å². The molecule has 0 atom stereocenters. The first-order chi connectivity index (χ1) is 18.0. The SMILES string of the molecule is COCCOCCOc1ccc(-c2cc(C(N)=O)c3[nH]c4cc(N5CCOCC5)ccc4c3n2)cc1Cl. The molecule has 0 unspecified atom stereocenters. The Morgan fingerprint density at radius 2 is 1.92 bits per heavy atom. The Balaban J connectivity index is 1.44. The molecule has 2 aromatic carbocycles. The Kier molecular flexibility index (Phi) is 7.76. The summed E-state index contributed by atoms with van der Waals surface area (Å²) in [5, 5.41) is 1.35. The predicted octanol–water partition coefficient (Wildman–Crippen LogP) is 4.01. The molecule has 0 aliphatic carbocycles. The van der Waals surface area contributed by atoms with Crippen molar-refractivity contribution in [3.8, 4) is 17.0 Å². The third-order valence-electron chi connectivity index (χ3n) is 6.32. The molecule has 1 fully saturated rings. The van der Waals surface area contributed by atoms with E-state index in [4.69, 9.17) is 41.3 Å². The van der Waals surface area contributed by atoms with Gasteiger partial charge in [-0.2, -0.15) is 0 Å². The van der Waals surface area contributed by atoms with Gasteiger partial charge in [0.1, 0.15) is 12.4 Å². The molecular formula is C27H29ClN4O5. The van der Waals surface area contributed by atoms with E-state index in [2.05, 4.69) is 22.0 Å². The maximum absolute atomic E-state index is 12.4. The largest absolute Gasteiger partial charge is 0.490 e. The van der Waals surface area contributed by atoms with Gasteiger partial charge in [-0.25, -0.2) is 4.98 Å². The van der Waals surface area contributed by atoms with Gasteiger partial charge in [0.05, 0.1) is 65.9 Å². The number of ether oxygens (including phenoxy) is 4. The van der Waals surface area contributed by atoms with Crippen LogP contribution in [0.2, 0.25) is 5.02 Å². The van der Waals surface area contributed by atoms with Crippen LogP contribution in [0.15, 0.2) is 42.5 Å². The van der Waals surface area contributed by atoms with Gasteiger partial charge in [0, 0.05) is 36.8 Å². The van der Waals surface area contributed by atoms with E-state index in [9.17, 15) is 4.79 Å². The number of nitrogens with one attached hydrogen (secondary N) is 1. The number of carbonyl (C=O) groups is 1. The monoisotopic (exact) mass is 524 g/mol. The zero-order chi connectivity index (χ0) is 25.8. The van der Waals surface area contributed by atoms with E-state index in [1.807, 2.05) is 12.1 Å². The fraction of sp³-hybridized carbons (Fsp3) is 0.333. The predicted molar refractivity (Wildman–Crippen MR) is 144 cm³/mol. The van der Waals surface area contributed by atoms with Gasteiger partial charge in [-0.05, 0) is 42.5 Å². The Bertz CT molecular complexity index is 1420. The molecular weight excluding hydrogens is 496 g/mol. The smallest absolute Gasteiger partial charge is 0.250 e. The molecule has 3 heterocycles. The van der Waals surface area contributed by atoms with Crippen molar-refractivity contribution in [3.05, 3.63) is 53.1 Å². The number of nitrogens with zero attached hydrogens (tertiary/aromatic N) is 2. The molecule has 194 valence electrons. The van der Waals surface area contributed by atoms with Crippen LogP contribution in [0.3, 0.4) is 0 Å². The summed E-state index contributed by atoms with van der Waals surface area (Å²) in [7, 11) is 1.63. The highest BCUT2D eigenvalue weighted by Crippen LogP contribution is 2.34. The van der Waals surface area contributed by atoms with Crippen molar-refractivity contribution in [3.63, 3.8) is 0 Å². The molecule has 1 amide bonds. The maximum Gasteiger partial charge on any atom is 0.250 e. The summed E-state index contributed by atoms with van der Waals surface area (Å²) >= 11 is 6.50. The number of H-pyrrole nitrogens is 1. The maximum atomic E-state index is 12.4. The molecule has 0 spiro atoms. The average molecular weight is 525 g/mol. The highest BCUT2D eigenvalue weighted by atomic mass is 35.5. The van der Waals surface area contributed by atoms with Crippen molar-refractivity contribution < 1.29 is 23.7 Å². The highest BCUT2D eigenvalue weighted by molar-refractivity contribution is 6.32. The summed E-state index contributed by atoms with van der Waals surface area (Å²) in [6.45, 7) is 4.91. The van der Waals surface area contributed by atoms with Crippen molar-refractivity contribution in [2.75, 3.05) is 64.7 Å². The van der Waals surface area contributed by atoms with Gasteiger partial charge in [0.25, 0.3) is 5.91 Å². The fourth-order valence-corrected chi connectivity index (χ4v) is 4.67. The van der Waals surface area contributed by atoms with Crippen LogP contribution in [0.4, 0.5) is 5.69 Å². The van der Waals surface area contributed by atoms with Crippen LogP contribution in [0.5, 0.6) is 5.75 Å². The van der Waals surface area contributed by atoms with Crippen molar-refractivity contribution in [2.24, 2.45) is 5.73 Å². The normalized spacial score (nSPS) is 13.9. The molecule has 37 heavy (non-hydrogen) atoms. The summed E-state index contributed by atoms with van der Waals surface area (Å²) in [6, 6.07) is 13.3. The zero-order valence-electron chi connectivity index (χ0n) is 20.6. The lowest BCUT2D eigenvalue weighted by Gasteiger charge is -2.28. The number of pyridine rings is 1. The molecule has 4 aromatic rings. The van der Waals surface area contributed by atoms with Gasteiger partial charge in [0.2, 0.25) is 0 Å². The van der Waals surface area contributed by atoms with Crippen LogP contribution in [0.1, 0.15) is 10.4 Å². The minimum Gasteiger partial charge on any atom is -0.490 e. The molecule has 2 aromatic heterocycles. The number of amides is 1. The number of fused-ring (bicyclic) bond motifs is 3. The van der Waals surface area contributed by atoms with Gasteiger partial charge in [-0.15, -0.1) is 0 Å². The number of benzene rings is 2. The second-order valence-corrected chi connectivity index (χ2v) is 9.10. The van der Waals surface area contributed by atoms with E-state index < -0.39 is 5.91 Å². The molecule has 1 saturated heterocycles. The minimum atomic E-state index is -0.534. The van der Waals surface area contributed by atoms with Crippen LogP contribution in [-0.4, -0.2) is 75.7 Å². The van der Waals surface area contributed by atoms with Crippen molar-refractivity contribution in [2.45, 2.75) is 0 Å². The quantitative estimate of drug-likeness (QED) is 0.301. The van der Waals surface area contributed by atoms with Gasteiger partial charge < -0.3 is 34.6 Å². The lowest BCUT2D eigenvalue weighted by atomic mass is 10.1. The first-order valence-electron chi connectivity index (χ1n) is 12.1. The summed E-state index contributed by atoms with van der Waals surface area (Å²) in [6.07, 6.45) is 0. The number of aromatic amines is 1. The number of methoxy groups -OCH3 is 1. The van der Waals surface area contributed by atoms with E-state index in [1.54, 1.807) is 25.3 Å². The second-order valence-electron chi connectivity index (χ2n) is 8.70. The third kappa shape index (κ3) is 5.50. The fourth-order valence-electron chi connectivity index (χ4n) is 4.44. The van der Waals surface area contributed by atoms with Gasteiger partial charge in [0.15, 0.2) is 0 Å². The number of primary amides is 1. The van der Waals surface area contributed by atoms with Crippen molar-refractivity contribution >= 4 is 45.1 Å². The number of hydrogen-bond donors (Lipinski definition) is 2. The Labute approximate surface area is 219 Å². The number of anilines is 1. The minimum absolute atomic E-state index is 0.362. The first-order valence-corrected chi connectivity index (χ1v) is 12.5. The van der Waals surface area contributed by atoms with E-state index in [1.165, 1.54) is 0 Å². The van der Waals surface area contributed by atoms with Crippen LogP contribution in [0, 0.1) is 0 Å². The van der Waals surface area contributed by atoms with Crippen molar-refractivity contribution in [1.29, 1.82) is 0 Å². The van der Waals surface area contributed by atoms with Crippen LogP contribution in [0.25, 0.3) is 33.2 Å². The highest BCUT2D eigenvalue weighted by Gasteiger charge is 2.18. The van der Waals surface area contributed by atoms with Crippen LogP contribution in [-0.2, 0) is 14.2 Å². The number of halogens is 1. The molecule has 3 N–H and O–H groups in total. The molecule has 1 aliphatic rings. The molecule has 1 aliphatic heterocycles. The summed E-state index contributed by atoms with van der Waals surface area (Å²) in [5.74, 6) is 0.00725. The van der Waals surface area contributed by atoms with Crippen LogP contribution >= 0.6 is 11.6 Å². The van der Waals surface area contributed by atoms with Crippen LogP contribution < -0.4 is 15.4 Å². The van der Waals surface area contributed by atoms with Crippen molar-refractivity contribution in [1.82, 2.24) is 9.97 Å². The lowest BCUT2D eigenvalue weighted by molar-refractivity contribution is 0.0544. The number of aromatic nitrogens is 2. The topological polar surface area (TPSA) is 112 Å². The summed E-state index contributed by atoms with van der Waals surface area (Å²) < 4.78 is 21.6. The van der Waals surface area contributed by atoms with Gasteiger partial charge in [-0.1, -0.05) is 11.6 Å². The summed E-state index contributed by atoms with van der Waals surface area (Å²) in [4.78, 5) is 22.9. The van der Waals surface area contributed by atoms with E-state index in [0.717, 1.165) is 35.2 Å². The lowest BCUT2D eigenvalue weighted by Crippen LogP contribution is -2.36. The molecule has 9 nitrogen and oxygen atoms in total. The molecule has 0 bridgehead atoms. The first kappa shape index (κ1) is 25.3. The average Bonchev–Trinajstić information content (AvgIpc) is 3.29. The Hall–Kier alpha value is -3.37. The standard InChI is InChI=1S/C27H29ClN4O5/c1-34-10-11-36-12-13-37-24-5-2-17(14-21(24)28)22-16-20(27(29)33)26-25(30-22)19-4-3-18(15-23(19)31-26)32-6-8-35-9-7-32/h2-5,14-16,31H,6-13H2,1H3,(H2,29,33). The number of hydrogen-bond acceptors (Lipinski definition) is 7. The van der Waals surface area contributed by atoms with E-state index in [-0.39, 0.29) is 0 Å². The number of carbonyl (C=O) groups excluding carboxylic acids is 1. The third-order valence-corrected chi connectivity index (χ3v) is 6.62. The van der Waals surface area contributed by atoms with Gasteiger partial charge in [-0.3, -0.25) is 4.79 Å². The Morgan fingerprint density at radius 1 is 1.11 bits per heavy atom. The molecule has 0 saturated carbocycles. The zero-order valence-corrected chi connectivity index (χ0v) is 21.3. The second kappa shape index (κ2) is 11.4. The Morgan fingerprint density at radius 3 is 2.68 bits per heavy atom. The number of nitrogens with two attached hydrogens (primary N) is 1. The molecule has 10 heteroatoms. The van der Waals surface area contributed by atoms with Gasteiger partial charge >= 0.3 is 0 Å². The number of rotatable bonds is 10. The summed E-state index contributed by atoms with van der Waals surface area (Å²) in [5.41, 5.74) is 10.8.